The standard InChI is InChI=1S/C44H59N3O5/c1-6-8-23-38(45)44(52)47(40(24-29(3)4)41(49)27-42(50)46-39(28-48)30(5)7-2)43(51)35(25-33-19-13-17-31-15-9-11-21-36(31)33)26-34-20-14-18-32-16-10-12-22-37(32)34/h9-22,29-30,35,38-41,48-49H,6-8,23-28,45H2,1-5H3,(H,46,50)/t30-,38-,39+,40-,41-/m0/s1. The van der Waals surface area contributed by atoms with Crippen LogP contribution in [0.2, 0.25) is 0 Å². The molecule has 0 aliphatic heterocycles. The van der Waals surface area contributed by atoms with Crippen molar-refractivity contribution in [3.05, 3.63) is 96.1 Å². The van der Waals surface area contributed by atoms with Gasteiger partial charge in [-0.3, -0.25) is 19.3 Å². The van der Waals surface area contributed by atoms with E-state index in [-0.39, 0.29) is 31.3 Å². The summed E-state index contributed by atoms with van der Waals surface area (Å²) < 4.78 is 0. The molecule has 0 aliphatic carbocycles. The van der Waals surface area contributed by atoms with Crippen molar-refractivity contribution in [1.82, 2.24) is 10.2 Å². The van der Waals surface area contributed by atoms with Gasteiger partial charge in [-0.1, -0.05) is 139 Å². The molecule has 3 amide bonds. The molecule has 4 rings (SSSR count). The van der Waals surface area contributed by atoms with Gasteiger partial charge >= 0.3 is 0 Å². The van der Waals surface area contributed by atoms with Gasteiger partial charge in [0.05, 0.1) is 37.3 Å². The van der Waals surface area contributed by atoms with Crippen molar-refractivity contribution in [2.24, 2.45) is 23.5 Å². The topological polar surface area (TPSA) is 133 Å². The predicted octanol–water partition coefficient (Wildman–Crippen LogP) is 6.96. The molecule has 5 N–H and O–H groups in total. The van der Waals surface area contributed by atoms with Gasteiger partial charge in [-0.2, -0.15) is 0 Å². The number of fused-ring (bicyclic) bond motifs is 2. The summed E-state index contributed by atoms with van der Waals surface area (Å²) >= 11 is 0. The number of unbranched alkanes of at least 4 members (excludes halogenated alkanes) is 1. The number of carbonyl (C=O) groups is 3. The van der Waals surface area contributed by atoms with E-state index in [0.717, 1.165) is 45.5 Å². The van der Waals surface area contributed by atoms with Crippen LogP contribution in [0.15, 0.2) is 84.9 Å². The quantitative estimate of drug-likeness (QED) is 0.0833. The Kier molecular flexibility index (Phi) is 15.4. The van der Waals surface area contributed by atoms with E-state index >= 15 is 4.79 Å². The lowest BCUT2D eigenvalue weighted by Gasteiger charge is -2.38. The third-order valence-electron chi connectivity index (χ3n) is 10.5. The first-order chi connectivity index (χ1) is 25.0. The monoisotopic (exact) mass is 709 g/mol. The SMILES string of the molecule is CCCC[C@H](N)C(=O)N(C(=O)C(Cc1cccc2ccccc12)Cc1cccc2ccccc12)[C@@H](CC(C)C)[C@@H](O)CC(=O)N[C@H](CO)[C@@H](C)CC. The van der Waals surface area contributed by atoms with Crippen molar-refractivity contribution in [2.45, 2.75) is 110 Å². The van der Waals surface area contributed by atoms with Crippen molar-refractivity contribution in [1.29, 1.82) is 0 Å². The number of nitrogens with one attached hydrogen (secondary N) is 1. The molecule has 0 heterocycles. The summed E-state index contributed by atoms with van der Waals surface area (Å²) in [5, 5.41) is 28.9. The first-order valence-electron chi connectivity index (χ1n) is 19.1. The van der Waals surface area contributed by atoms with E-state index < -0.39 is 47.9 Å². The summed E-state index contributed by atoms with van der Waals surface area (Å²) in [5.74, 6) is -2.05. The Morgan fingerprint density at radius 1 is 0.788 bits per heavy atom. The fourth-order valence-corrected chi connectivity index (χ4v) is 7.24. The summed E-state index contributed by atoms with van der Waals surface area (Å²) in [6.07, 6.45) is 2.02. The van der Waals surface area contributed by atoms with E-state index in [1.54, 1.807) is 0 Å². The second-order valence-corrected chi connectivity index (χ2v) is 14.9. The molecule has 0 saturated carbocycles. The summed E-state index contributed by atoms with van der Waals surface area (Å²) in [4.78, 5) is 44.4. The van der Waals surface area contributed by atoms with Crippen LogP contribution >= 0.6 is 0 Å². The number of aliphatic hydroxyl groups is 2. The van der Waals surface area contributed by atoms with E-state index in [4.69, 9.17) is 5.73 Å². The smallest absolute Gasteiger partial charge is 0.246 e. The Morgan fingerprint density at radius 2 is 1.33 bits per heavy atom. The molecular weight excluding hydrogens is 651 g/mol. The fraction of sp³-hybridized carbons (Fsp3) is 0.477. The number of aliphatic hydroxyl groups excluding tert-OH is 2. The van der Waals surface area contributed by atoms with Gasteiger partial charge < -0.3 is 21.3 Å². The molecular formula is C44H59N3O5. The minimum absolute atomic E-state index is 0.0161. The van der Waals surface area contributed by atoms with E-state index in [0.29, 0.717) is 25.7 Å². The molecule has 0 radical (unpaired) electrons. The fourth-order valence-electron chi connectivity index (χ4n) is 7.24. The maximum Gasteiger partial charge on any atom is 0.246 e. The van der Waals surface area contributed by atoms with Gasteiger partial charge in [0.25, 0.3) is 0 Å². The Hall–Kier alpha value is -4.11. The van der Waals surface area contributed by atoms with Crippen LogP contribution in [0.1, 0.15) is 84.3 Å². The lowest BCUT2D eigenvalue weighted by atomic mass is 9.86. The lowest BCUT2D eigenvalue weighted by Crippen LogP contribution is -2.58. The third-order valence-corrected chi connectivity index (χ3v) is 10.5. The zero-order valence-electron chi connectivity index (χ0n) is 31.6. The van der Waals surface area contributed by atoms with E-state index in [9.17, 15) is 19.8 Å². The molecule has 52 heavy (non-hydrogen) atoms. The maximum atomic E-state index is 15.3. The second kappa shape index (κ2) is 19.6. The number of nitrogens with two attached hydrogens (primary N) is 1. The highest BCUT2D eigenvalue weighted by molar-refractivity contribution is 6.00. The highest BCUT2D eigenvalue weighted by Gasteiger charge is 2.41. The highest BCUT2D eigenvalue weighted by Crippen LogP contribution is 2.30. The summed E-state index contributed by atoms with van der Waals surface area (Å²) in [5.41, 5.74) is 8.54. The van der Waals surface area contributed by atoms with Crippen molar-refractivity contribution in [2.75, 3.05) is 6.61 Å². The minimum atomic E-state index is -1.35. The van der Waals surface area contributed by atoms with Gasteiger partial charge in [0.15, 0.2) is 0 Å². The first-order valence-corrected chi connectivity index (χ1v) is 19.1. The number of nitrogens with zero attached hydrogens (tertiary/aromatic N) is 1. The van der Waals surface area contributed by atoms with Crippen LogP contribution in [-0.2, 0) is 27.2 Å². The van der Waals surface area contributed by atoms with Gasteiger partial charge in [-0.15, -0.1) is 0 Å². The maximum absolute atomic E-state index is 15.3. The van der Waals surface area contributed by atoms with Gasteiger partial charge in [-0.25, -0.2) is 0 Å². The first kappa shape index (κ1) is 40.7. The summed E-state index contributed by atoms with van der Waals surface area (Å²) in [7, 11) is 0. The van der Waals surface area contributed by atoms with Crippen LogP contribution in [0.5, 0.6) is 0 Å². The Bertz CT molecular complexity index is 1680. The van der Waals surface area contributed by atoms with Gasteiger partial charge in [0.2, 0.25) is 17.7 Å². The van der Waals surface area contributed by atoms with E-state index in [2.05, 4.69) is 17.4 Å². The molecule has 280 valence electrons. The average Bonchev–Trinajstić information content (AvgIpc) is 3.14. The normalized spacial score (nSPS) is 14.7. The van der Waals surface area contributed by atoms with Crippen LogP contribution in [0, 0.1) is 17.8 Å². The van der Waals surface area contributed by atoms with E-state index in [1.807, 2.05) is 107 Å². The average molecular weight is 710 g/mol. The molecule has 0 aliphatic rings. The predicted molar refractivity (Wildman–Crippen MR) is 210 cm³/mol. The van der Waals surface area contributed by atoms with Gasteiger partial charge in [0, 0.05) is 5.92 Å². The van der Waals surface area contributed by atoms with Crippen LogP contribution in [0.4, 0.5) is 0 Å². The number of benzene rings is 4. The Balaban J connectivity index is 1.81. The summed E-state index contributed by atoms with van der Waals surface area (Å²) in [6.45, 7) is 9.66. The number of hydrogen-bond acceptors (Lipinski definition) is 6. The minimum Gasteiger partial charge on any atom is -0.394 e. The van der Waals surface area contributed by atoms with Gasteiger partial charge in [0.1, 0.15) is 0 Å². The zero-order valence-corrected chi connectivity index (χ0v) is 31.6. The van der Waals surface area contributed by atoms with Crippen LogP contribution in [-0.4, -0.2) is 63.7 Å². The molecule has 0 bridgehead atoms. The zero-order chi connectivity index (χ0) is 37.8. The van der Waals surface area contributed by atoms with Crippen molar-refractivity contribution in [3.8, 4) is 0 Å². The third kappa shape index (κ3) is 10.5. The van der Waals surface area contributed by atoms with Crippen LogP contribution < -0.4 is 11.1 Å². The Labute approximate surface area is 309 Å². The molecule has 4 aromatic rings. The van der Waals surface area contributed by atoms with Crippen LogP contribution in [0.3, 0.4) is 0 Å². The van der Waals surface area contributed by atoms with Crippen molar-refractivity contribution in [3.63, 3.8) is 0 Å². The number of imide groups is 1. The van der Waals surface area contributed by atoms with Gasteiger partial charge in [-0.05, 0) is 70.2 Å². The highest BCUT2D eigenvalue weighted by atomic mass is 16.3. The summed E-state index contributed by atoms with van der Waals surface area (Å²) in [6, 6.07) is 25.9. The molecule has 8 heteroatoms. The molecule has 0 unspecified atom stereocenters. The van der Waals surface area contributed by atoms with E-state index in [1.165, 1.54) is 4.90 Å². The lowest BCUT2D eigenvalue weighted by molar-refractivity contribution is -0.156. The Morgan fingerprint density at radius 3 is 1.83 bits per heavy atom. The van der Waals surface area contributed by atoms with Crippen molar-refractivity contribution < 1.29 is 24.6 Å². The molecule has 0 saturated heterocycles. The molecule has 0 aromatic heterocycles. The second-order valence-electron chi connectivity index (χ2n) is 14.9. The number of amides is 3. The molecule has 0 fully saturated rings. The molecule has 5 atom stereocenters. The van der Waals surface area contributed by atoms with Crippen LogP contribution in [0.25, 0.3) is 21.5 Å². The molecule has 8 nitrogen and oxygen atoms in total. The number of carbonyl (C=O) groups excluding carboxylic acids is 3. The largest absolute Gasteiger partial charge is 0.394 e. The van der Waals surface area contributed by atoms with Crippen molar-refractivity contribution >= 4 is 39.3 Å². The molecule has 0 spiro atoms. The number of rotatable bonds is 19. The molecule has 4 aromatic carbocycles. The number of hydrogen-bond donors (Lipinski definition) is 4.